The van der Waals surface area contributed by atoms with E-state index in [0.717, 1.165) is 65.6 Å². The number of nitrogens with two attached hydrogens (primary N) is 1. The Labute approximate surface area is 245 Å². The average molecular weight is 581 g/mol. The van der Waals surface area contributed by atoms with Gasteiger partial charge in [0.25, 0.3) is 0 Å². The minimum absolute atomic E-state index is 0.0862. The highest BCUT2D eigenvalue weighted by atomic mass is 32.2. The molecule has 2 aromatic heterocycles. The third kappa shape index (κ3) is 6.33. The minimum atomic E-state index is -3.74. The summed E-state index contributed by atoms with van der Waals surface area (Å²) in [7, 11) is -1.77. The summed E-state index contributed by atoms with van der Waals surface area (Å²) >= 11 is 0. The van der Waals surface area contributed by atoms with E-state index >= 15 is 0 Å². The van der Waals surface area contributed by atoms with Crippen molar-refractivity contribution < 1.29 is 8.42 Å². The van der Waals surface area contributed by atoms with Crippen LogP contribution in [0, 0.1) is 0 Å². The Morgan fingerprint density at radius 1 is 0.929 bits per heavy atom. The number of aromatic nitrogens is 4. The van der Waals surface area contributed by atoms with Crippen LogP contribution in [0.3, 0.4) is 0 Å². The van der Waals surface area contributed by atoms with Crippen molar-refractivity contribution in [2.24, 2.45) is 12.2 Å². The standard InChI is InChI=1S/C31H32N8O2S/c1-38-21-33-18-29(38)24-9-11-25(12-10-24)35-31-36-28-15-16-39(19-23-5-3-2-4-6-23)20-27(28)30(37-31)34-17-22-7-13-26(14-8-22)42(32,40)41/h2-14,18,21H,15-17,19-20H2,1H3,(H2,32,40,41)(H2,34,35,36,37). The van der Waals surface area contributed by atoms with Gasteiger partial charge in [0.15, 0.2) is 0 Å². The lowest BCUT2D eigenvalue weighted by atomic mass is 10.0. The minimum Gasteiger partial charge on any atom is -0.366 e. The number of primary sulfonamides is 1. The molecule has 5 aromatic rings. The monoisotopic (exact) mass is 580 g/mol. The highest BCUT2D eigenvalue weighted by Crippen LogP contribution is 2.29. The van der Waals surface area contributed by atoms with E-state index in [-0.39, 0.29) is 4.90 Å². The maximum Gasteiger partial charge on any atom is 0.238 e. The molecule has 0 spiro atoms. The molecule has 10 nitrogen and oxygen atoms in total. The van der Waals surface area contributed by atoms with Crippen molar-refractivity contribution in [2.45, 2.75) is 31.0 Å². The number of benzene rings is 3. The molecule has 1 aliphatic heterocycles. The van der Waals surface area contributed by atoms with Crippen LogP contribution in [0.1, 0.15) is 22.4 Å². The first kappa shape index (κ1) is 27.6. The summed E-state index contributed by atoms with van der Waals surface area (Å²) in [5, 5.41) is 12.1. The summed E-state index contributed by atoms with van der Waals surface area (Å²) in [6, 6.07) is 25.1. The fourth-order valence-corrected chi connectivity index (χ4v) is 5.64. The number of hydrogen-bond acceptors (Lipinski definition) is 8. The second-order valence-corrected chi connectivity index (χ2v) is 12.0. The molecule has 3 aromatic carbocycles. The maximum absolute atomic E-state index is 11.7. The molecular formula is C31H32N8O2S. The first-order valence-electron chi connectivity index (χ1n) is 13.7. The van der Waals surface area contributed by atoms with Crippen LogP contribution in [0.15, 0.2) is 96.3 Å². The molecule has 0 saturated carbocycles. The molecule has 0 radical (unpaired) electrons. The predicted octanol–water partition coefficient (Wildman–Crippen LogP) is 4.44. The maximum atomic E-state index is 11.7. The van der Waals surface area contributed by atoms with Gasteiger partial charge in [-0.2, -0.15) is 4.98 Å². The topological polar surface area (TPSA) is 131 Å². The van der Waals surface area contributed by atoms with Crippen LogP contribution >= 0.6 is 0 Å². The summed E-state index contributed by atoms with van der Waals surface area (Å²) in [6.45, 7) is 2.92. The quantitative estimate of drug-likeness (QED) is 0.233. The van der Waals surface area contributed by atoms with Gasteiger partial charge in [-0.3, -0.25) is 4.90 Å². The first-order valence-corrected chi connectivity index (χ1v) is 15.2. The van der Waals surface area contributed by atoms with Crippen LogP contribution in [-0.4, -0.2) is 39.4 Å². The fourth-order valence-electron chi connectivity index (χ4n) is 5.12. The molecule has 214 valence electrons. The van der Waals surface area contributed by atoms with Crippen molar-refractivity contribution in [3.63, 3.8) is 0 Å². The van der Waals surface area contributed by atoms with Crippen molar-refractivity contribution in [2.75, 3.05) is 17.2 Å². The van der Waals surface area contributed by atoms with Gasteiger partial charge < -0.3 is 15.2 Å². The SMILES string of the molecule is Cn1cncc1-c1ccc(Nc2nc3c(c(NCc4ccc(S(N)(=O)=O)cc4)n2)CN(Cc2ccccc2)CC3)cc1. The van der Waals surface area contributed by atoms with Crippen LogP contribution < -0.4 is 15.8 Å². The molecule has 0 bridgehead atoms. The second kappa shape index (κ2) is 11.7. The lowest BCUT2D eigenvalue weighted by Gasteiger charge is -2.30. The van der Waals surface area contributed by atoms with Gasteiger partial charge in [-0.25, -0.2) is 23.5 Å². The number of anilines is 3. The van der Waals surface area contributed by atoms with Gasteiger partial charge in [-0.05, 0) is 41.0 Å². The molecule has 0 atom stereocenters. The number of sulfonamides is 1. The summed E-state index contributed by atoms with van der Waals surface area (Å²) in [6.07, 6.45) is 4.43. The highest BCUT2D eigenvalue weighted by molar-refractivity contribution is 7.89. The Kier molecular flexibility index (Phi) is 7.70. The Bertz CT molecular complexity index is 1790. The summed E-state index contributed by atoms with van der Waals surface area (Å²) in [4.78, 5) is 16.5. The molecule has 0 fully saturated rings. The number of fused-ring (bicyclic) bond motifs is 1. The fraction of sp³-hybridized carbons (Fsp3) is 0.194. The van der Waals surface area contributed by atoms with E-state index in [0.29, 0.717) is 12.5 Å². The second-order valence-electron chi connectivity index (χ2n) is 10.4. The molecular weight excluding hydrogens is 548 g/mol. The Morgan fingerprint density at radius 3 is 2.38 bits per heavy atom. The summed E-state index contributed by atoms with van der Waals surface area (Å²) in [5.41, 5.74) is 7.24. The molecule has 4 N–H and O–H groups in total. The summed E-state index contributed by atoms with van der Waals surface area (Å²) < 4.78 is 25.3. The highest BCUT2D eigenvalue weighted by Gasteiger charge is 2.23. The van der Waals surface area contributed by atoms with Crippen molar-refractivity contribution in [3.05, 3.63) is 114 Å². The Hall–Kier alpha value is -4.58. The van der Waals surface area contributed by atoms with E-state index in [4.69, 9.17) is 15.1 Å². The number of aryl methyl sites for hydroxylation is 1. The van der Waals surface area contributed by atoms with Crippen LogP contribution in [0.5, 0.6) is 0 Å². The van der Waals surface area contributed by atoms with Gasteiger partial charge in [-0.1, -0.05) is 54.6 Å². The molecule has 0 saturated heterocycles. The van der Waals surface area contributed by atoms with Crippen molar-refractivity contribution >= 4 is 27.5 Å². The van der Waals surface area contributed by atoms with Crippen molar-refractivity contribution in [1.29, 1.82) is 0 Å². The third-order valence-electron chi connectivity index (χ3n) is 7.35. The molecule has 6 rings (SSSR count). The molecule has 1 aliphatic rings. The smallest absolute Gasteiger partial charge is 0.238 e. The molecule has 0 unspecified atom stereocenters. The van der Waals surface area contributed by atoms with E-state index in [1.165, 1.54) is 17.7 Å². The van der Waals surface area contributed by atoms with Crippen LogP contribution in [-0.2, 0) is 43.1 Å². The van der Waals surface area contributed by atoms with E-state index in [9.17, 15) is 8.42 Å². The largest absolute Gasteiger partial charge is 0.366 e. The normalized spacial score (nSPS) is 13.5. The summed E-state index contributed by atoms with van der Waals surface area (Å²) in [5.74, 6) is 1.27. The lowest BCUT2D eigenvalue weighted by Crippen LogP contribution is -2.32. The van der Waals surface area contributed by atoms with Gasteiger partial charge in [0.1, 0.15) is 5.82 Å². The zero-order valence-corrected chi connectivity index (χ0v) is 24.1. The predicted molar refractivity (Wildman–Crippen MR) is 163 cm³/mol. The molecule has 0 amide bonds. The van der Waals surface area contributed by atoms with Gasteiger partial charge in [0.2, 0.25) is 16.0 Å². The van der Waals surface area contributed by atoms with Crippen molar-refractivity contribution in [1.82, 2.24) is 24.4 Å². The first-order chi connectivity index (χ1) is 20.3. The average Bonchev–Trinajstić information content (AvgIpc) is 3.42. The van der Waals surface area contributed by atoms with Crippen LogP contribution in [0.2, 0.25) is 0 Å². The van der Waals surface area contributed by atoms with Crippen LogP contribution in [0.25, 0.3) is 11.3 Å². The number of imidazole rings is 1. The van der Waals surface area contributed by atoms with Crippen LogP contribution in [0.4, 0.5) is 17.5 Å². The molecule has 11 heteroatoms. The Morgan fingerprint density at radius 2 is 1.69 bits per heavy atom. The van der Waals surface area contributed by atoms with E-state index in [1.807, 2.05) is 48.1 Å². The zero-order valence-electron chi connectivity index (χ0n) is 23.2. The number of hydrogen-bond donors (Lipinski definition) is 3. The molecule has 3 heterocycles. The molecule has 42 heavy (non-hydrogen) atoms. The van der Waals surface area contributed by atoms with E-state index in [1.54, 1.807) is 18.5 Å². The van der Waals surface area contributed by atoms with Gasteiger partial charge >= 0.3 is 0 Å². The number of rotatable bonds is 9. The van der Waals surface area contributed by atoms with E-state index in [2.05, 4.69) is 44.8 Å². The zero-order chi connectivity index (χ0) is 29.1. The Balaban J connectivity index is 1.25. The van der Waals surface area contributed by atoms with Crippen molar-refractivity contribution in [3.8, 4) is 11.3 Å². The van der Waals surface area contributed by atoms with Gasteiger partial charge in [0, 0.05) is 50.9 Å². The van der Waals surface area contributed by atoms with Gasteiger partial charge in [-0.15, -0.1) is 0 Å². The lowest BCUT2D eigenvalue weighted by molar-refractivity contribution is 0.243. The van der Waals surface area contributed by atoms with Gasteiger partial charge in [0.05, 0.1) is 28.8 Å². The third-order valence-corrected chi connectivity index (χ3v) is 8.28. The number of nitrogens with one attached hydrogen (secondary N) is 2. The number of nitrogens with zero attached hydrogens (tertiary/aromatic N) is 5. The van der Waals surface area contributed by atoms with E-state index < -0.39 is 10.0 Å². The molecule has 0 aliphatic carbocycles.